The summed E-state index contributed by atoms with van der Waals surface area (Å²) < 4.78 is 31.0. The van der Waals surface area contributed by atoms with Gasteiger partial charge in [0, 0.05) is 25.6 Å². The summed E-state index contributed by atoms with van der Waals surface area (Å²) in [7, 11) is -2.95. The van der Waals surface area contributed by atoms with E-state index in [0.717, 1.165) is 24.6 Å². The number of likely N-dealkylation sites (tertiary alicyclic amines) is 1. The molecule has 0 amide bonds. The zero-order chi connectivity index (χ0) is 15.9. The average molecular weight is 335 g/mol. The number of ether oxygens (including phenoxy) is 1. The summed E-state index contributed by atoms with van der Waals surface area (Å²) in [6, 6.07) is 10.1. The van der Waals surface area contributed by atoms with Gasteiger partial charge in [-0.2, -0.15) is 0 Å². The molecule has 4 rings (SSSR count). The van der Waals surface area contributed by atoms with Crippen LogP contribution in [0.25, 0.3) is 0 Å². The summed E-state index contributed by atoms with van der Waals surface area (Å²) >= 11 is 0. The summed E-state index contributed by atoms with van der Waals surface area (Å²) in [5.41, 5.74) is 1.16. The van der Waals surface area contributed by atoms with Gasteiger partial charge in [0.1, 0.15) is 0 Å². The van der Waals surface area contributed by atoms with Crippen molar-refractivity contribution in [2.75, 3.05) is 25.4 Å². The minimum Gasteiger partial charge on any atom is -0.373 e. The molecule has 0 bridgehead atoms. The molecule has 0 spiro atoms. The molecule has 3 atom stereocenters. The Morgan fingerprint density at radius 2 is 1.87 bits per heavy atom. The van der Waals surface area contributed by atoms with Gasteiger partial charge in [-0.25, -0.2) is 8.42 Å². The smallest absolute Gasteiger partial charge is 0.154 e. The van der Waals surface area contributed by atoms with Crippen LogP contribution in [0.4, 0.5) is 0 Å². The number of hydrogen-bond acceptors (Lipinski definition) is 4. The molecule has 0 unspecified atom stereocenters. The number of benzene rings is 1. The number of sulfone groups is 1. The number of fused-ring (bicyclic) bond motifs is 1. The second kappa shape index (κ2) is 6.19. The molecular formula is C18H25NO3S. The van der Waals surface area contributed by atoms with E-state index in [1.54, 1.807) is 0 Å². The molecule has 1 saturated carbocycles. The summed E-state index contributed by atoms with van der Waals surface area (Å²) in [6.45, 7) is 3.26. The van der Waals surface area contributed by atoms with Crippen LogP contribution in [0.2, 0.25) is 0 Å². The van der Waals surface area contributed by atoms with E-state index >= 15 is 0 Å². The van der Waals surface area contributed by atoms with Gasteiger partial charge in [-0.1, -0.05) is 30.3 Å². The van der Waals surface area contributed by atoms with E-state index < -0.39 is 9.84 Å². The Hall–Kier alpha value is -0.910. The van der Waals surface area contributed by atoms with Crippen LogP contribution in [0, 0.1) is 11.8 Å². The quantitative estimate of drug-likeness (QED) is 0.827. The first-order valence-electron chi connectivity index (χ1n) is 8.71. The fourth-order valence-corrected chi connectivity index (χ4v) is 6.16. The molecule has 0 aromatic heterocycles. The van der Waals surface area contributed by atoms with E-state index in [-0.39, 0.29) is 23.0 Å². The van der Waals surface area contributed by atoms with E-state index in [4.69, 9.17) is 4.74 Å². The maximum atomic E-state index is 12.4. The number of nitrogens with zero attached hydrogens (tertiary/aromatic N) is 1. The molecule has 1 aromatic rings. The summed E-state index contributed by atoms with van der Waals surface area (Å²) in [4.78, 5) is 2.37. The Balaban J connectivity index is 1.43. The molecule has 2 saturated heterocycles. The monoisotopic (exact) mass is 335 g/mol. The molecule has 2 aliphatic heterocycles. The van der Waals surface area contributed by atoms with Gasteiger partial charge < -0.3 is 9.64 Å². The Bertz CT molecular complexity index is 641. The standard InChI is InChI=1S/C18H25NO3S/c20-23(21)9-8-17(22-13-15-4-2-1-3-5-15)16-11-19(12-18(16)23)10-14-6-7-14/h1-5,14,16-18H,6-13H2/t16-,17+,18-/m1/s1. The zero-order valence-corrected chi connectivity index (χ0v) is 14.2. The molecule has 2 heterocycles. The molecule has 5 heteroatoms. The van der Waals surface area contributed by atoms with Gasteiger partial charge in [-0.15, -0.1) is 0 Å². The molecule has 1 aliphatic carbocycles. The van der Waals surface area contributed by atoms with Crippen molar-refractivity contribution in [1.82, 2.24) is 4.90 Å². The van der Waals surface area contributed by atoms with Crippen molar-refractivity contribution in [2.24, 2.45) is 11.8 Å². The van der Waals surface area contributed by atoms with Crippen LogP contribution >= 0.6 is 0 Å². The van der Waals surface area contributed by atoms with Crippen molar-refractivity contribution >= 4 is 9.84 Å². The van der Waals surface area contributed by atoms with Crippen LogP contribution < -0.4 is 0 Å². The normalized spacial score (nSPS) is 33.5. The van der Waals surface area contributed by atoms with Crippen LogP contribution in [0.3, 0.4) is 0 Å². The SMILES string of the molecule is O=S1(=O)CC[C@H](OCc2ccccc2)[C@H]2CN(CC3CC3)C[C@H]21. The topological polar surface area (TPSA) is 46.6 Å². The predicted molar refractivity (Wildman–Crippen MR) is 89.9 cm³/mol. The maximum Gasteiger partial charge on any atom is 0.154 e. The Labute approximate surface area is 138 Å². The van der Waals surface area contributed by atoms with Crippen molar-refractivity contribution in [3.8, 4) is 0 Å². The predicted octanol–water partition coefficient (Wildman–Crippen LogP) is 2.10. The summed E-state index contributed by atoms with van der Waals surface area (Å²) in [6.07, 6.45) is 3.35. The zero-order valence-electron chi connectivity index (χ0n) is 13.4. The van der Waals surface area contributed by atoms with Crippen molar-refractivity contribution < 1.29 is 13.2 Å². The van der Waals surface area contributed by atoms with E-state index in [9.17, 15) is 8.42 Å². The van der Waals surface area contributed by atoms with Gasteiger partial charge in [0.15, 0.2) is 9.84 Å². The average Bonchev–Trinajstić information content (AvgIpc) is 3.24. The number of rotatable bonds is 5. The molecule has 23 heavy (non-hydrogen) atoms. The first-order valence-corrected chi connectivity index (χ1v) is 10.4. The Morgan fingerprint density at radius 3 is 2.61 bits per heavy atom. The molecular weight excluding hydrogens is 310 g/mol. The van der Waals surface area contributed by atoms with E-state index in [2.05, 4.69) is 17.0 Å². The first-order chi connectivity index (χ1) is 11.1. The molecule has 126 valence electrons. The highest BCUT2D eigenvalue weighted by atomic mass is 32.2. The first kappa shape index (κ1) is 15.6. The van der Waals surface area contributed by atoms with E-state index in [0.29, 0.717) is 19.6 Å². The molecule has 4 nitrogen and oxygen atoms in total. The maximum absolute atomic E-state index is 12.4. The third kappa shape index (κ3) is 3.47. The fraction of sp³-hybridized carbons (Fsp3) is 0.667. The van der Waals surface area contributed by atoms with Crippen molar-refractivity contribution in [3.63, 3.8) is 0 Å². The third-order valence-corrected chi connectivity index (χ3v) is 7.76. The van der Waals surface area contributed by atoms with Crippen molar-refractivity contribution in [2.45, 2.75) is 37.2 Å². The van der Waals surface area contributed by atoms with Crippen LogP contribution in [0.1, 0.15) is 24.8 Å². The molecule has 1 aromatic carbocycles. The van der Waals surface area contributed by atoms with Gasteiger partial charge in [0.2, 0.25) is 0 Å². The lowest BCUT2D eigenvalue weighted by molar-refractivity contribution is -0.000869. The minimum atomic E-state index is -2.95. The summed E-state index contributed by atoms with van der Waals surface area (Å²) in [5.74, 6) is 1.24. The van der Waals surface area contributed by atoms with Crippen molar-refractivity contribution in [3.05, 3.63) is 35.9 Å². The highest BCUT2D eigenvalue weighted by Gasteiger charge is 2.49. The van der Waals surface area contributed by atoms with E-state index in [1.807, 2.05) is 18.2 Å². The second-order valence-electron chi connectivity index (χ2n) is 7.35. The van der Waals surface area contributed by atoms with E-state index in [1.165, 1.54) is 12.8 Å². The Kier molecular flexibility index (Phi) is 4.20. The van der Waals surface area contributed by atoms with Crippen LogP contribution in [0.5, 0.6) is 0 Å². The molecule has 3 aliphatic rings. The third-order valence-electron chi connectivity index (χ3n) is 5.53. The highest BCUT2D eigenvalue weighted by molar-refractivity contribution is 7.92. The van der Waals surface area contributed by atoms with Gasteiger partial charge in [0.25, 0.3) is 0 Å². The lowest BCUT2D eigenvalue weighted by atomic mass is 9.98. The van der Waals surface area contributed by atoms with Gasteiger partial charge in [-0.3, -0.25) is 0 Å². The molecule has 3 fully saturated rings. The van der Waals surface area contributed by atoms with Gasteiger partial charge in [-0.05, 0) is 30.7 Å². The van der Waals surface area contributed by atoms with Gasteiger partial charge in [0.05, 0.1) is 23.7 Å². The van der Waals surface area contributed by atoms with Crippen molar-refractivity contribution in [1.29, 1.82) is 0 Å². The minimum absolute atomic E-state index is 0.0768. The van der Waals surface area contributed by atoms with Gasteiger partial charge >= 0.3 is 0 Å². The van der Waals surface area contributed by atoms with Crippen LogP contribution in [0.15, 0.2) is 30.3 Å². The van der Waals surface area contributed by atoms with Crippen LogP contribution in [-0.2, 0) is 21.2 Å². The second-order valence-corrected chi connectivity index (χ2v) is 9.69. The number of hydrogen-bond donors (Lipinski definition) is 0. The molecule has 0 radical (unpaired) electrons. The summed E-state index contributed by atoms with van der Waals surface area (Å²) in [5, 5.41) is -0.212. The highest BCUT2D eigenvalue weighted by Crippen LogP contribution is 2.37. The lowest BCUT2D eigenvalue weighted by Gasteiger charge is -2.32. The van der Waals surface area contributed by atoms with Crippen LogP contribution in [-0.4, -0.2) is 50.1 Å². The molecule has 0 N–H and O–H groups in total. The lowest BCUT2D eigenvalue weighted by Crippen LogP contribution is -2.44. The largest absolute Gasteiger partial charge is 0.373 e. The fourth-order valence-electron chi connectivity index (χ4n) is 4.06. The Morgan fingerprint density at radius 1 is 1.09 bits per heavy atom.